The number of hydrogen-bond acceptors (Lipinski definition) is 6. The average Bonchev–Trinajstić information content (AvgIpc) is 3.18. The first-order valence-electron chi connectivity index (χ1n) is 10.5. The van der Waals surface area contributed by atoms with Crippen molar-refractivity contribution in [3.8, 4) is 0 Å². The van der Waals surface area contributed by atoms with Crippen molar-refractivity contribution in [1.29, 1.82) is 0 Å². The summed E-state index contributed by atoms with van der Waals surface area (Å²) in [4.78, 5) is 0. The van der Waals surface area contributed by atoms with Gasteiger partial charge in [-0.05, 0) is 53.1 Å². The maximum absolute atomic E-state index is 5.01. The van der Waals surface area contributed by atoms with E-state index < -0.39 is 0 Å². The van der Waals surface area contributed by atoms with Crippen LogP contribution in [0.2, 0.25) is 0 Å². The first-order chi connectivity index (χ1) is 12.5. The van der Waals surface area contributed by atoms with Crippen molar-refractivity contribution in [2.45, 2.75) is 104 Å². The van der Waals surface area contributed by atoms with E-state index in [-0.39, 0.29) is 37.1 Å². The highest BCUT2D eigenvalue weighted by molar-refractivity contribution is 4.56. The Kier molecular flexibility index (Phi) is 88.2. The van der Waals surface area contributed by atoms with Crippen LogP contribution in [-0.4, -0.2) is 78.7 Å². The molecular weight excluding hydrogens is 386 g/mol. The predicted molar refractivity (Wildman–Crippen MR) is 152 cm³/mol. The van der Waals surface area contributed by atoms with Crippen molar-refractivity contribution in [3.63, 3.8) is 0 Å². The lowest BCUT2D eigenvalue weighted by Gasteiger charge is -2.10. The number of hydrogen-bond donors (Lipinski definition) is 5. The van der Waals surface area contributed by atoms with Gasteiger partial charge < -0.3 is 31.3 Å². The highest BCUT2D eigenvalue weighted by atomic mass is 16.5. The summed E-state index contributed by atoms with van der Waals surface area (Å²) in [5, 5.41) is 15.5. The maximum Gasteiger partial charge on any atom is 0.0591 e. The van der Waals surface area contributed by atoms with Crippen LogP contribution in [0, 0.1) is 0 Å². The fourth-order valence-electron chi connectivity index (χ4n) is 2.06. The van der Waals surface area contributed by atoms with Gasteiger partial charge in [-0.15, -0.1) is 0 Å². The van der Waals surface area contributed by atoms with Gasteiger partial charge in [-0.3, -0.25) is 0 Å². The van der Waals surface area contributed by atoms with Crippen molar-refractivity contribution < 1.29 is 4.74 Å². The lowest BCUT2D eigenvalue weighted by Crippen LogP contribution is -2.30. The Bertz CT molecular complexity index is 183. The summed E-state index contributed by atoms with van der Waals surface area (Å²) >= 11 is 0. The molecule has 0 saturated carbocycles. The summed E-state index contributed by atoms with van der Waals surface area (Å²) in [7, 11) is 3.75. The molecule has 6 heteroatoms. The van der Waals surface area contributed by atoms with Crippen LogP contribution in [0.4, 0.5) is 0 Å². The van der Waals surface area contributed by atoms with Crippen LogP contribution in [-0.2, 0) is 4.74 Å². The molecule has 31 heavy (non-hydrogen) atoms. The highest BCUT2D eigenvalue weighted by Crippen LogP contribution is 1.90. The third kappa shape index (κ3) is 81.6. The fourth-order valence-corrected chi connectivity index (χ4v) is 2.06. The van der Waals surface area contributed by atoms with Gasteiger partial charge in [-0.25, -0.2) is 0 Å². The van der Waals surface area contributed by atoms with E-state index >= 15 is 0 Å². The summed E-state index contributed by atoms with van der Waals surface area (Å²) in [5.74, 6) is 0. The summed E-state index contributed by atoms with van der Waals surface area (Å²) in [6, 6.07) is 1.25. The Morgan fingerprint density at radius 1 is 0.677 bits per heavy atom. The fraction of sp³-hybridized carbons (Fsp3) is 1.00. The molecule has 0 amide bonds. The second-order valence-corrected chi connectivity index (χ2v) is 6.75. The summed E-state index contributed by atoms with van der Waals surface area (Å²) in [5.41, 5.74) is 0. The quantitative estimate of drug-likeness (QED) is 0.409. The zero-order valence-electron chi connectivity index (χ0n) is 19.1. The van der Waals surface area contributed by atoms with Gasteiger partial charge in [0.05, 0.1) is 13.2 Å². The topological polar surface area (TPSA) is 69.4 Å². The largest absolute Gasteiger partial charge is 0.379 e. The Balaban J connectivity index is -0.0000000348. The summed E-state index contributed by atoms with van der Waals surface area (Å²) in [6.07, 6.45) is 2.78. The van der Waals surface area contributed by atoms with Crippen molar-refractivity contribution in [2.75, 3.05) is 66.6 Å². The normalized spacial score (nSPS) is 13.0. The molecule has 0 bridgehead atoms. The van der Waals surface area contributed by atoms with Crippen molar-refractivity contribution in [3.05, 3.63) is 0 Å². The standard InChI is InChI=1S/C6H15N.C4H9NO.C4H9N.C4H11N.C2H7N.5CH4/c1-5(2)7-6(3)4;1-3-6-4-2-5-1;1-2-4-5-3-1;1-3-5-4-2;1-3-2;;;;;/h5-7H,1-4H3;5H,1-4H2;5H,1-4H2;5H,3-4H2,1-2H3;3H,1-2H3;5*1H4. The van der Waals surface area contributed by atoms with Crippen LogP contribution in [0.1, 0.15) is 91.5 Å². The molecule has 0 spiro atoms. The lowest BCUT2D eigenvalue weighted by molar-refractivity contribution is 0.109. The minimum atomic E-state index is 0. The molecule has 0 aromatic heterocycles. The third-order valence-corrected chi connectivity index (χ3v) is 2.97. The molecule has 5 N–H and O–H groups in total. The summed E-state index contributed by atoms with van der Waals surface area (Å²) < 4.78 is 5.01. The van der Waals surface area contributed by atoms with Gasteiger partial charge in [-0.2, -0.15) is 0 Å². The van der Waals surface area contributed by atoms with Crippen LogP contribution in [0.5, 0.6) is 0 Å². The monoisotopic (exact) mass is 458 g/mol. The van der Waals surface area contributed by atoms with E-state index in [2.05, 4.69) is 68.1 Å². The van der Waals surface area contributed by atoms with Gasteiger partial charge in [0.25, 0.3) is 0 Å². The van der Waals surface area contributed by atoms with E-state index in [1.54, 1.807) is 0 Å². The number of morpholine rings is 1. The smallest absolute Gasteiger partial charge is 0.0591 e. The average molecular weight is 458 g/mol. The molecule has 0 aromatic carbocycles. The molecule has 2 rings (SSSR count). The van der Waals surface area contributed by atoms with Gasteiger partial charge >= 0.3 is 0 Å². The minimum Gasteiger partial charge on any atom is -0.379 e. The molecule has 2 aliphatic rings. The van der Waals surface area contributed by atoms with Gasteiger partial charge in [0.1, 0.15) is 0 Å². The third-order valence-electron chi connectivity index (χ3n) is 2.97. The Morgan fingerprint density at radius 2 is 1.00 bits per heavy atom. The first kappa shape index (κ1) is 52.6. The molecule has 0 unspecified atom stereocenters. The van der Waals surface area contributed by atoms with Crippen LogP contribution in [0.3, 0.4) is 0 Å². The first-order valence-corrected chi connectivity index (χ1v) is 10.5. The molecular formula is C25H71N5O. The molecule has 2 aliphatic heterocycles. The molecule has 202 valence electrons. The zero-order valence-corrected chi connectivity index (χ0v) is 19.1. The maximum atomic E-state index is 5.01. The molecule has 2 saturated heterocycles. The second kappa shape index (κ2) is 52.0. The van der Waals surface area contributed by atoms with Crippen LogP contribution in [0.15, 0.2) is 0 Å². The predicted octanol–water partition coefficient (Wildman–Crippen LogP) is 5.00. The zero-order chi connectivity index (χ0) is 20.5. The van der Waals surface area contributed by atoms with Gasteiger partial charge in [0.15, 0.2) is 0 Å². The second-order valence-electron chi connectivity index (χ2n) is 6.75. The Hall–Kier alpha value is -0.240. The molecule has 0 aliphatic carbocycles. The van der Waals surface area contributed by atoms with E-state index in [0.717, 1.165) is 39.4 Å². The van der Waals surface area contributed by atoms with Crippen molar-refractivity contribution >= 4 is 0 Å². The number of nitrogens with one attached hydrogen (secondary N) is 5. The number of rotatable bonds is 4. The van der Waals surface area contributed by atoms with Gasteiger partial charge in [0.2, 0.25) is 0 Å². The van der Waals surface area contributed by atoms with E-state index in [9.17, 15) is 0 Å². The minimum absolute atomic E-state index is 0. The molecule has 0 aromatic rings. The van der Waals surface area contributed by atoms with E-state index in [1.807, 2.05) is 14.1 Å². The van der Waals surface area contributed by atoms with Crippen LogP contribution < -0.4 is 26.6 Å². The molecule has 0 radical (unpaired) electrons. The van der Waals surface area contributed by atoms with E-state index in [1.165, 1.54) is 25.9 Å². The number of ether oxygens (including phenoxy) is 1. The van der Waals surface area contributed by atoms with Gasteiger partial charge in [0, 0.05) is 25.2 Å². The summed E-state index contributed by atoms with van der Waals surface area (Å²) in [6.45, 7) is 21.3. The Morgan fingerprint density at radius 3 is 1.06 bits per heavy atom. The Labute approximate surface area is 201 Å². The molecule has 0 atom stereocenters. The van der Waals surface area contributed by atoms with E-state index in [4.69, 9.17) is 4.74 Å². The molecule has 2 fully saturated rings. The van der Waals surface area contributed by atoms with Crippen molar-refractivity contribution in [2.24, 2.45) is 0 Å². The lowest BCUT2D eigenvalue weighted by atomic mass is 10.3. The van der Waals surface area contributed by atoms with Gasteiger partial charge in [-0.1, -0.05) is 78.7 Å². The van der Waals surface area contributed by atoms with Crippen molar-refractivity contribution in [1.82, 2.24) is 26.6 Å². The van der Waals surface area contributed by atoms with E-state index in [0.29, 0.717) is 12.1 Å². The van der Waals surface area contributed by atoms with Crippen LogP contribution in [0.25, 0.3) is 0 Å². The molecule has 2 heterocycles. The molecule has 6 nitrogen and oxygen atoms in total. The highest BCUT2D eigenvalue weighted by Gasteiger charge is 1.94. The SMILES string of the molecule is C.C.C.C.C.C1CCNC1.C1COCCN1.CC(C)NC(C)C.CCNCC.CNC. The van der Waals surface area contributed by atoms with Crippen LogP contribution >= 0.6 is 0 Å².